The molecule has 1 fully saturated rings. The van der Waals surface area contributed by atoms with Gasteiger partial charge in [-0.1, -0.05) is 25.3 Å². The van der Waals surface area contributed by atoms with Gasteiger partial charge >= 0.3 is 0 Å². The van der Waals surface area contributed by atoms with Crippen molar-refractivity contribution in [2.24, 2.45) is 0 Å². The third-order valence-corrected chi connectivity index (χ3v) is 6.88. The fraction of sp³-hybridized carbons (Fsp3) is 0.409. The molecule has 2 N–H and O–H groups in total. The van der Waals surface area contributed by atoms with E-state index in [0.717, 1.165) is 31.2 Å². The molecule has 1 amide bonds. The quantitative estimate of drug-likeness (QED) is 0.756. The molecule has 0 saturated heterocycles. The number of amides is 1. The zero-order valence-corrected chi connectivity index (χ0v) is 17.8. The van der Waals surface area contributed by atoms with Crippen LogP contribution in [0.5, 0.6) is 11.5 Å². The van der Waals surface area contributed by atoms with E-state index in [1.54, 1.807) is 31.2 Å². The van der Waals surface area contributed by atoms with Crippen molar-refractivity contribution in [1.82, 2.24) is 5.32 Å². The molecule has 0 atom stereocenters. The second-order valence-electron chi connectivity index (χ2n) is 7.75. The highest BCUT2D eigenvalue weighted by Gasteiger charge is 2.22. The van der Waals surface area contributed by atoms with E-state index in [9.17, 15) is 13.2 Å². The standard InChI is InChI=1S/C22H26N2O5S/c1-15-7-9-18(14-19(15)22(25)23-16-5-3-2-4-6-16)30(26,27)24-17-8-10-20-21(13-17)29-12-11-28-20/h7-10,13-14,16,24H,2-6,11-12H2,1H3,(H,23,25). The summed E-state index contributed by atoms with van der Waals surface area (Å²) in [6.45, 7) is 2.69. The van der Waals surface area contributed by atoms with E-state index in [4.69, 9.17) is 9.47 Å². The zero-order chi connectivity index (χ0) is 21.1. The van der Waals surface area contributed by atoms with Gasteiger partial charge in [-0.25, -0.2) is 8.42 Å². The number of sulfonamides is 1. The smallest absolute Gasteiger partial charge is 0.261 e. The molecule has 1 aliphatic heterocycles. The van der Waals surface area contributed by atoms with Gasteiger partial charge in [-0.05, 0) is 49.6 Å². The maximum absolute atomic E-state index is 12.9. The SMILES string of the molecule is Cc1ccc(S(=O)(=O)Nc2ccc3c(c2)OCCO3)cc1C(=O)NC1CCCCC1. The first kappa shape index (κ1) is 20.5. The summed E-state index contributed by atoms with van der Waals surface area (Å²) in [5.41, 5.74) is 1.49. The summed E-state index contributed by atoms with van der Waals surface area (Å²) in [7, 11) is -3.87. The number of rotatable bonds is 5. The lowest BCUT2D eigenvalue weighted by Gasteiger charge is -2.23. The number of aryl methyl sites for hydroxylation is 1. The molecule has 0 unspecified atom stereocenters. The van der Waals surface area contributed by atoms with Gasteiger partial charge in [0.2, 0.25) is 0 Å². The normalized spacial score (nSPS) is 16.7. The van der Waals surface area contributed by atoms with E-state index in [2.05, 4.69) is 10.0 Å². The van der Waals surface area contributed by atoms with Crippen LogP contribution in [0.25, 0.3) is 0 Å². The van der Waals surface area contributed by atoms with Gasteiger partial charge in [0.25, 0.3) is 15.9 Å². The average Bonchev–Trinajstić information content (AvgIpc) is 2.74. The van der Waals surface area contributed by atoms with Crippen molar-refractivity contribution in [2.45, 2.75) is 50.0 Å². The van der Waals surface area contributed by atoms with Gasteiger partial charge in [0.15, 0.2) is 11.5 Å². The number of carbonyl (C=O) groups excluding carboxylic acids is 1. The highest BCUT2D eigenvalue weighted by Crippen LogP contribution is 2.33. The van der Waals surface area contributed by atoms with Gasteiger partial charge in [-0.15, -0.1) is 0 Å². The molecule has 7 nitrogen and oxygen atoms in total. The van der Waals surface area contributed by atoms with Crippen molar-refractivity contribution in [3.63, 3.8) is 0 Å². The second kappa shape index (κ2) is 8.55. The van der Waals surface area contributed by atoms with Crippen molar-refractivity contribution in [2.75, 3.05) is 17.9 Å². The van der Waals surface area contributed by atoms with Gasteiger partial charge in [0.05, 0.1) is 10.6 Å². The first-order valence-corrected chi connectivity index (χ1v) is 11.7. The maximum Gasteiger partial charge on any atom is 0.261 e. The number of ether oxygens (including phenoxy) is 2. The second-order valence-corrected chi connectivity index (χ2v) is 9.43. The zero-order valence-electron chi connectivity index (χ0n) is 16.9. The van der Waals surface area contributed by atoms with E-state index >= 15 is 0 Å². The molecule has 0 spiro atoms. The first-order valence-electron chi connectivity index (χ1n) is 10.3. The van der Waals surface area contributed by atoms with E-state index in [-0.39, 0.29) is 16.8 Å². The topological polar surface area (TPSA) is 93.7 Å². The molecule has 1 aliphatic carbocycles. The Balaban J connectivity index is 1.54. The molecule has 2 aliphatic rings. The predicted molar refractivity (Wildman–Crippen MR) is 114 cm³/mol. The number of anilines is 1. The van der Waals surface area contributed by atoms with Crippen LogP contribution >= 0.6 is 0 Å². The molecule has 4 rings (SSSR count). The summed E-state index contributed by atoms with van der Waals surface area (Å²) in [5, 5.41) is 3.05. The Hall–Kier alpha value is -2.74. The lowest BCUT2D eigenvalue weighted by Crippen LogP contribution is -2.36. The van der Waals surface area contributed by atoms with Gasteiger partial charge in [-0.2, -0.15) is 0 Å². The van der Waals surface area contributed by atoms with Crippen LogP contribution in [0.1, 0.15) is 48.0 Å². The first-order chi connectivity index (χ1) is 14.4. The molecule has 8 heteroatoms. The summed E-state index contributed by atoms with van der Waals surface area (Å²) in [6, 6.07) is 9.65. The van der Waals surface area contributed by atoms with Crippen LogP contribution in [-0.2, 0) is 10.0 Å². The van der Waals surface area contributed by atoms with Gasteiger partial charge < -0.3 is 14.8 Å². The molecule has 1 heterocycles. The summed E-state index contributed by atoms with van der Waals surface area (Å²) in [6.07, 6.45) is 5.35. The number of carbonyl (C=O) groups is 1. The highest BCUT2D eigenvalue weighted by molar-refractivity contribution is 7.92. The average molecular weight is 431 g/mol. The van der Waals surface area contributed by atoms with Crippen molar-refractivity contribution in [3.05, 3.63) is 47.5 Å². The molecule has 1 saturated carbocycles. The van der Waals surface area contributed by atoms with Crippen LogP contribution in [0.2, 0.25) is 0 Å². The molecule has 0 bridgehead atoms. The minimum Gasteiger partial charge on any atom is -0.486 e. The lowest BCUT2D eigenvalue weighted by atomic mass is 9.95. The molecule has 30 heavy (non-hydrogen) atoms. The number of hydrogen-bond donors (Lipinski definition) is 2. The summed E-state index contributed by atoms with van der Waals surface area (Å²) < 4.78 is 39.4. The van der Waals surface area contributed by atoms with E-state index in [1.165, 1.54) is 18.6 Å². The van der Waals surface area contributed by atoms with E-state index < -0.39 is 10.0 Å². The monoisotopic (exact) mass is 430 g/mol. The van der Waals surface area contributed by atoms with Gasteiger partial charge in [0.1, 0.15) is 13.2 Å². The number of hydrogen-bond acceptors (Lipinski definition) is 5. The maximum atomic E-state index is 12.9. The van der Waals surface area contributed by atoms with Crippen molar-refractivity contribution in [3.8, 4) is 11.5 Å². The fourth-order valence-corrected chi connectivity index (χ4v) is 4.92. The largest absolute Gasteiger partial charge is 0.486 e. The van der Waals surface area contributed by atoms with Crippen LogP contribution in [0.15, 0.2) is 41.3 Å². The Bertz CT molecular complexity index is 1050. The lowest BCUT2D eigenvalue weighted by molar-refractivity contribution is 0.0927. The molecule has 160 valence electrons. The van der Waals surface area contributed by atoms with Gasteiger partial charge in [-0.3, -0.25) is 9.52 Å². The van der Waals surface area contributed by atoms with E-state index in [1.807, 2.05) is 0 Å². The minimum atomic E-state index is -3.87. The third-order valence-electron chi connectivity index (χ3n) is 5.50. The Labute approximate surface area is 176 Å². The van der Waals surface area contributed by atoms with Crippen LogP contribution in [-0.4, -0.2) is 33.6 Å². The van der Waals surface area contributed by atoms with Crippen LogP contribution in [0, 0.1) is 6.92 Å². The number of nitrogens with one attached hydrogen (secondary N) is 2. The molecular weight excluding hydrogens is 404 g/mol. The number of benzene rings is 2. The Morgan fingerprint density at radius 2 is 1.70 bits per heavy atom. The van der Waals surface area contributed by atoms with Crippen molar-refractivity contribution < 1.29 is 22.7 Å². The Morgan fingerprint density at radius 1 is 0.967 bits per heavy atom. The molecule has 2 aromatic rings. The molecule has 0 aromatic heterocycles. The van der Waals surface area contributed by atoms with Crippen LogP contribution in [0.4, 0.5) is 5.69 Å². The summed E-state index contributed by atoms with van der Waals surface area (Å²) in [4.78, 5) is 12.8. The van der Waals surface area contributed by atoms with Crippen molar-refractivity contribution >= 4 is 21.6 Å². The minimum absolute atomic E-state index is 0.0387. The fourth-order valence-electron chi connectivity index (χ4n) is 3.84. The van der Waals surface area contributed by atoms with Gasteiger partial charge in [0, 0.05) is 17.7 Å². The summed E-state index contributed by atoms with van der Waals surface area (Å²) in [5.74, 6) is 0.856. The Kier molecular flexibility index (Phi) is 5.85. The Morgan fingerprint density at radius 3 is 2.47 bits per heavy atom. The predicted octanol–water partition coefficient (Wildman–Crippen LogP) is 3.63. The van der Waals surface area contributed by atoms with Crippen molar-refractivity contribution in [1.29, 1.82) is 0 Å². The van der Waals surface area contributed by atoms with Crippen LogP contribution < -0.4 is 19.5 Å². The van der Waals surface area contributed by atoms with E-state index in [0.29, 0.717) is 36.0 Å². The molecule has 0 radical (unpaired) electrons. The highest BCUT2D eigenvalue weighted by atomic mass is 32.2. The molecule has 2 aromatic carbocycles. The molecular formula is C22H26N2O5S. The summed E-state index contributed by atoms with van der Waals surface area (Å²) >= 11 is 0. The third kappa shape index (κ3) is 4.53. The number of fused-ring (bicyclic) bond motifs is 1. The van der Waals surface area contributed by atoms with Crippen LogP contribution in [0.3, 0.4) is 0 Å².